The molecule has 0 heterocycles. The third-order valence-electron chi connectivity index (χ3n) is 7.31. The van der Waals surface area contributed by atoms with Crippen LogP contribution in [0.25, 0.3) is 6.08 Å². The van der Waals surface area contributed by atoms with Gasteiger partial charge in [0.2, 0.25) is 5.91 Å². The van der Waals surface area contributed by atoms with Crippen molar-refractivity contribution in [2.75, 3.05) is 16.4 Å². The molecule has 0 bridgehead atoms. The molecule has 3 amide bonds. The standard InChI is InChI=1S/C40H37N3O4S/c1-28(2)31-15-17-33(18-16-31)41-38(44)27-48-36-23-19-34(20-24-36)42-40(46)37(43-39(45)32-11-7-4-8-12-32)25-29-13-21-35(22-14-29)47-26-30-9-5-3-6-10-30/h3-25,28H,26-27H2,1-2H3,(H,41,44)(H,42,46)(H,43,45)/b37-25-. The van der Waals surface area contributed by atoms with Gasteiger partial charge in [-0.15, -0.1) is 11.8 Å². The molecule has 0 aromatic heterocycles. The highest BCUT2D eigenvalue weighted by molar-refractivity contribution is 8.00. The molecule has 0 atom stereocenters. The molecule has 0 fully saturated rings. The summed E-state index contributed by atoms with van der Waals surface area (Å²) in [6.45, 7) is 4.70. The Morgan fingerprint density at radius 1 is 0.708 bits per heavy atom. The number of carbonyl (C=O) groups is 3. The number of amides is 3. The Bertz CT molecular complexity index is 1840. The van der Waals surface area contributed by atoms with Crippen molar-refractivity contribution in [2.24, 2.45) is 0 Å². The molecule has 0 unspecified atom stereocenters. The van der Waals surface area contributed by atoms with Gasteiger partial charge in [-0.2, -0.15) is 0 Å². The van der Waals surface area contributed by atoms with Crippen molar-refractivity contribution in [1.29, 1.82) is 0 Å². The van der Waals surface area contributed by atoms with Crippen molar-refractivity contribution in [3.8, 4) is 5.75 Å². The predicted octanol–water partition coefficient (Wildman–Crippen LogP) is 8.53. The van der Waals surface area contributed by atoms with Gasteiger partial charge in [0, 0.05) is 21.8 Å². The summed E-state index contributed by atoms with van der Waals surface area (Å²) in [5.41, 5.74) is 4.81. The number of benzene rings is 5. The monoisotopic (exact) mass is 655 g/mol. The zero-order valence-electron chi connectivity index (χ0n) is 26.8. The molecule has 0 saturated heterocycles. The molecule has 0 spiro atoms. The summed E-state index contributed by atoms with van der Waals surface area (Å²) < 4.78 is 5.88. The number of anilines is 2. The summed E-state index contributed by atoms with van der Waals surface area (Å²) in [4.78, 5) is 39.9. The lowest BCUT2D eigenvalue weighted by molar-refractivity contribution is -0.114. The minimum absolute atomic E-state index is 0.0818. The quantitative estimate of drug-likeness (QED) is 0.0873. The highest BCUT2D eigenvalue weighted by Gasteiger charge is 2.15. The molecule has 0 saturated carbocycles. The van der Waals surface area contributed by atoms with Gasteiger partial charge in [0.05, 0.1) is 5.75 Å². The molecular weight excluding hydrogens is 619 g/mol. The Balaban J connectivity index is 1.21. The van der Waals surface area contributed by atoms with Gasteiger partial charge in [-0.3, -0.25) is 14.4 Å². The highest BCUT2D eigenvalue weighted by Crippen LogP contribution is 2.23. The predicted molar refractivity (Wildman–Crippen MR) is 194 cm³/mol. The van der Waals surface area contributed by atoms with Crippen LogP contribution < -0.4 is 20.7 Å². The van der Waals surface area contributed by atoms with E-state index in [4.69, 9.17) is 4.74 Å². The lowest BCUT2D eigenvalue weighted by Gasteiger charge is -2.12. The average Bonchev–Trinajstić information content (AvgIpc) is 3.11. The van der Waals surface area contributed by atoms with E-state index in [0.29, 0.717) is 35.1 Å². The molecule has 5 aromatic carbocycles. The van der Waals surface area contributed by atoms with Gasteiger partial charge in [-0.05, 0) is 89.3 Å². The van der Waals surface area contributed by atoms with Gasteiger partial charge < -0.3 is 20.7 Å². The third-order valence-corrected chi connectivity index (χ3v) is 8.32. The van der Waals surface area contributed by atoms with Gasteiger partial charge in [0.1, 0.15) is 18.1 Å². The highest BCUT2D eigenvalue weighted by atomic mass is 32.2. The average molecular weight is 656 g/mol. The second-order valence-corrected chi connectivity index (χ2v) is 12.4. The van der Waals surface area contributed by atoms with Crippen LogP contribution in [0, 0.1) is 0 Å². The maximum Gasteiger partial charge on any atom is 0.272 e. The van der Waals surface area contributed by atoms with Crippen LogP contribution in [0.2, 0.25) is 0 Å². The summed E-state index contributed by atoms with van der Waals surface area (Å²) in [7, 11) is 0. The number of carbonyl (C=O) groups excluding carboxylic acids is 3. The maximum absolute atomic E-state index is 13.5. The molecule has 242 valence electrons. The molecule has 0 radical (unpaired) electrons. The summed E-state index contributed by atoms with van der Waals surface area (Å²) in [6.07, 6.45) is 1.62. The van der Waals surface area contributed by atoms with Crippen molar-refractivity contribution in [2.45, 2.75) is 31.3 Å². The molecule has 0 aliphatic rings. The SMILES string of the molecule is CC(C)c1ccc(NC(=O)CSc2ccc(NC(=O)/C(=C/c3ccc(OCc4ccccc4)cc3)NC(=O)c3ccccc3)cc2)cc1. The topological polar surface area (TPSA) is 96.5 Å². The maximum atomic E-state index is 13.5. The van der Waals surface area contributed by atoms with Gasteiger partial charge in [-0.25, -0.2) is 0 Å². The van der Waals surface area contributed by atoms with E-state index >= 15 is 0 Å². The zero-order chi connectivity index (χ0) is 33.7. The number of hydrogen-bond donors (Lipinski definition) is 3. The largest absolute Gasteiger partial charge is 0.489 e. The fraction of sp³-hybridized carbons (Fsp3) is 0.125. The first-order chi connectivity index (χ1) is 23.3. The van der Waals surface area contributed by atoms with Crippen LogP contribution in [-0.4, -0.2) is 23.5 Å². The Morgan fingerprint density at radius 2 is 1.31 bits per heavy atom. The van der Waals surface area contributed by atoms with Gasteiger partial charge in [0.25, 0.3) is 11.8 Å². The summed E-state index contributed by atoms with van der Waals surface area (Å²) in [6, 6.07) is 41.0. The van der Waals surface area contributed by atoms with Gasteiger partial charge in [-0.1, -0.05) is 86.6 Å². The molecule has 5 aromatic rings. The van der Waals surface area contributed by atoms with Gasteiger partial charge >= 0.3 is 0 Å². The second-order valence-electron chi connectivity index (χ2n) is 11.3. The van der Waals surface area contributed by atoms with E-state index in [0.717, 1.165) is 16.1 Å². The lowest BCUT2D eigenvalue weighted by Crippen LogP contribution is -2.30. The van der Waals surface area contributed by atoms with Crippen molar-refractivity contribution < 1.29 is 19.1 Å². The lowest BCUT2D eigenvalue weighted by atomic mass is 10.0. The molecule has 0 aliphatic carbocycles. The zero-order valence-corrected chi connectivity index (χ0v) is 27.6. The second kappa shape index (κ2) is 16.8. The Hall–Kier alpha value is -5.60. The Kier molecular flexibility index (Phi) is 11.8. The Morgan fingerprint density at radius 3 is 1.96 bits per heavy atom. The van der Waals surface area contributed by atoms with Crippen molar-refractivity contribution in [1.82, 2.24) is 5.32 Å². The molecular formula is C40H37N3O4S. The first-order valence-corrected chi connectivity index (χ1v) is 16.6. The van der Waals surface area contributed by atoms with E-state index in [-0.39, 0.29) is 17.4 Å². The van der Waals surface area contributed by atoms with Crippen LogP contribution in [0.15, 0.2) is 144 Å². The van der Waals surface area contributed by atoms with Crippen LogP contribution in [0.4, 0.5) is 11.4 Å². The molecule has 0 aliphatic heterocycles. The van der Waals surface area contributed by atoms with Crippen LogP contribution >= 0.6 is 11.8 Å². The van der Waals surface area contributed by atoms with Crippen molar-refractivity contribution >= 4 is 46.9 Å². The third kappa shape index (κ3) is 10.2. The van der Waals surface area contributed by atoms with Crippen LogP contribution in [0.3, 0.4) is 0 Å². The molecule has 8 heteroatoms. The van der Waals surface area contributed by atoms with Crippen LogP contribution in [0.5, 0.6) is 5.75 Å². The van der Waals surface area contributed by atoms with Crippen LogP contribution in [0.1, 0.15) is 46.8 Å². The van der Waals surface area contributed by atoms with E-state index in [1.807, 2.05) is 97.1 Å². The van der Waals surface area contributed by atoms with E-state index < -0.39 is 11.8 Å². The molecule has 5 rings (SSSR count). The van der Waals surface area contributed by atoms with E-state index in [2.05, 4.69) is 29.8 Å². The van der Waals surface area contributed by atoms with Crippen LogP contribution in [-0.2, 0) is 16.2 Å². The smallest absolute Gasteiger partial charge is 0.272 e. The minimum atomic E-state index is -0.480. The fourth-order valence-electron chi connectivity index (χ4n) is 4.64. The summed E-state index contributed by atoms with van der Waals surface area (Å²) in [5.74, 6) is 0.372. The summed E-state index contributed by atoms with van der Waals surface area (Å²) in [5, 5.41) is 8.56. The van der Waals surface area contributed by atoms with Crippen molar-refractivity contribution in [3.63, 3.8) is 0 Å². The first kappa shape index (κ1) is 33.8. The summed E-state index contributed by atoms with van der Waals surface area (Å²) >= 11 is 1.40. The van der Waals surface area contributed by atoms with E-state index in [9.17, 15) is 14.4 Å². The molecule has 7 nitrogen and oxygen atoms in total. The van der Waals surface area contributed by atoms with E-state index in [1.165, 1.54) is 17.3 Å². The minimum Gasteiger partial charge on any atom is -0.489 e. The number of ether oxygens (including phenoxy) is 1. The van der Waals surface area contributed by atoms with Gasteiger partial charge in [0.15, 0.2) is 0 Å². The molecule has 48 heavy (non-hydrogen) atoms. The number of nitrogens with one attached hydrogen (secondary N) is 3. The Labute approximate surface area is 285 Å². The number of thioether (sulfide) groups is 1. The normalized spacial score (nSPS) is 11.1. The fourth-order valence-corrected chi connectivity index (χ4v) is 5.34. The van der Waals surface area contributed by atoms with Crippen molar-refractivity contribution in [3.05, 3.63) is 161 Å². The number of hydrogen-bond acceptors (Lipinski definition) is 5. The first-order valence-electron chi connectivity index (χ1n) is 15.6. The van der Waals surface area contributed by atoms with E-state index in [1.54, 1.807) is 42.5 Å². The number of rotatable bonds is 13. The molecule has 3 N–H and O–H groups in total.